The fourth-order valence-corrected chi connectivity index (χ4v) is 5.20. The molecule has 2 aliphatic rings. The van der Waals surface area contributed by atoms with E-state index in [1.54, 1.807) is 19.1 Å². The maximum absolute atomic E-state index is 13.2. The van der Waals surface area contributed by atoms with Crippen LogP contribution in [0.4, 0.5) is 14.9 Å². The van der Waals surface area contributed by atoms with Crippen molar-refractivity contribution in [3.8, 4) is 0 Å². The number of hydrogen-bond acceptors (Lipinski definition) is 5. The molecule has 4 rings (SSSR count). The van der Waals surface area contributed by atoms with Crippen LogP contribution < -0.4 is 9.62 Å². The van der Waals surface area contributed by atoms with E-state index in [4.69, 9.17) is 0 Å². The lowest BCUT2D eigenvalue weighted by Gasteiger charge is -2.22. The number of anilines is 1. The van der Waals surface area contributed by atoms with E-state index in [2.05, 4.69) is 5.32 Å². The molecule has 0 aliphatic carbocycles. The summed E-state index contributed by atoms with van der Waals surface area (Å²) in [6, 6.07) is 9.20. The van der Waals surface area contributed by atoms with Crippen molar-refractivity contribution in [3.05, 3.63) is 65.0 Å². The molecule has 2 aliphatic heterocycles. The number of carbonyl (C=O) groups is 3. The van der Waals surface area contributed by atoms with E-state index >= 15 is 0 Å². The van der Waals surface area contributed by atoms with Crippen molar-refractivity contribution >= 4 is 33.4 Å². The first-order chi connectivity index (χ1) is 15.1. The van der Waals surface area contributed by atoms with Crippen LogP contribution in [0.1, 0.15) is 35.3 Å². The Morgan fingerprint density at radius 1 is 1.16 bits per heavy atom. The monoisotopic (exact) mass is 459 g/mol. The van der Waals surface area contributed by atoms with Gasteiger partial charge < -0.3 is 5.32 Å². The first kappa shape index (κ1) is 21.9. The zero-order valence-corrected chi connectivity index (χ0v) is 18.4. The lowest BCUT2D eigenvalue weighted by molar-refractivity contribution is -0.130. The first-order valence-electron chi connectivity index (χ1n) is 10.1. The number of carbonyl (C=O) groups excluding carboxylic acids is 3. The second-order valence-corrected chi connectivity index (χ2v) is 10.1. The molecule has 1 saturated heterocycles. The standard InChI is InChI=1S/C22H22FN3O5S/c1-3-32(30,31)26-11-10-14-12-15(4-9-18(14)26)19(27)13-25-20(28)22(2,24-21(25)29)16-5-7-17(23)8-6-16/h4-9,12H,3,10-11,13H2,1-2H3,(H,24,29). The summed E-state index contributed by atoms with van der Waals surface area (Å²) < 4.78 is 39.0. The molecule has 2 heterocycles. The molecule has 0 bridgehead atoms. The van der Waals surface area contributed by atoms with Gasteiger partial charge in [0.2, 0.25) is 10.0 Å². The average molecular weight is 459 g/mol. The molecule has 10 heteroatoms. The van der Waals surface area contributed by atoms with Crippen molar-refractivity contribution in [1.29, 1.82) is 0 Å². The summed E-state index contributed by atoms with van der Waals surface area (Å²) in [5.41, 5.74) is 0.554. The highest BCUT2D eigenvalue weighted by Crippen LogP contribution is 2.32. The fourth-order valence-electron chi connectivity index (χ4n) is 4.04. The second-order valence-electron chi connectivity index (χ2n) is 7.94. The highest BCUT2D eigenvalue weighted by Gasteiger charge is 2.49. The van der Waals surface area contributed by atoms with E-state index in [0.717, 1.165) is 10.5 Å². The normalized spacial score (nSPS) is 20.5. The van der Waals surface area contributed by atoms with Gasteiger partial charge in [-0.25, -0.2) is 17.6 Å². The lowest BCUT2D eigenvalue weighted by Crippen LogP contribution is -2.41. The van der Waals surface area contributed by atoms with E-state index in [9.17, 15) is 27.2 Å². The Labute approximate surface area is 185 Å². The number of halogens is 1. The maximum atomic E-state index is 13.2. The number of ketones is 1. The molecule has 1 unspecified atom stereocenters. The number of Topliss-reactive ketones (excluding diaryl/α,β-unsaturated/α-hetero) is 1. The van der Waals surface area contributed by atoms with Gasteiger partial charge in [-0.05, 0) is 61.7 Å². The van der Waals surface area contributed by atoms with Crippen LogP contribution in [0.25, 0.3) is 0 Å². The minimum absolute atomic E-state index is 0.0217. The van der Waals surface area contributed by atoms with E-state index in [1.807, 2.05) is 0 Å². The number of imide groups is 1. The summed E-state index contributed by atoms with van der Waals surface area (Å²) in [6.07, 6.45) is 0.474. The number of rotatable bonds is 6. The molecule has 1 atom stereocenters. The zero-order valence-electron chi connectivity index (χ0n) is 17.6. The second kappa shape index (κ2) is 7.70. The van der Waals surface area contributed by atoms with Crippen molar-refractivity contribution < 1.29 is 27.2 Å². The van der Waals surface area contributed by atoms with E-state index in [0.29, 0.717) is 24.2 Å². The molecule has 0 radical (unpaired) electrons. The minimum Gasteiger partial charge on any atom is -0.319 e. The average Bonchev–Trinajstić information content (AvgIpc) is 3.29. The van der Waals surface area contributed by atoms with Crippen LogP contribution >= 0.6 is 0 Å². The largest absolute Gasteiger partial charge is 0.325 e. The summed E-state index contributed by atoms with van der Waals surface area (Å²) in [7, 11) is -3.40. The number of amides is 3. The van der Waals surface area contributed by atoms with Gasteiger partial charge in [0.25, 0.3) is 5.91 Å². The molecule has 2 aromatic carbocycles. The number of fused-ring (bicyclic) bond motifs is 1. The minimum atomic E-state index is -3.40. The Bertz CT molecular complexity index is 1230. The van der Waals surface area contributed by atoms with Crippen molar-refractivity contribution in [2.45, 2.75) is 25.8 Å². The molecule has 0 saturated carbocycles. The van der Waals surface area contributed by atoms with Crippen LogP contribution in [-0.2, 0) is 26.8 Å². The number of nitrogens with zero attached hydrogens (tertiary/aromatic N) is 2. The van der Waals surface area contributed by atoms with Gasteiger partial charge >= 0.3 is 6.03 Å². The molecule has 8 nitrogen and oxygen atoms in total. The van der Waals surface area contributed by atoms with Gasteiger partial charge in [-0.2, -0.15) is 0 Å². The van der Waals surface area contributed by atoms with E-state index in [1.165, 1.54) is 41.6 Å². The quantitative estimate of drug-likeness (QED) is 0.527. The summed E-state index contributed by atoms with van der Waals surface area (Å²) in [5, 5.41) is 2.58. The molecular formula is C22H22FN3O5S. The van der Waals surface area contributed by atoms with Crippen LogP contribution in [0.15, 0.2) is 42.5 Å². The summed E-state index contributed by atoms with van der Waals surface area (Å²) in [6.45, 7) is 2.93. The fraction of sp³-hybridized carbons (Fsp3) is 0.318. The van der Waals surface area contributed by atoms with Gasteiger partial charge in [0, 0.05) is 12.1 Å². The van der Waals surface area contributed by atoms with Gasteiger partial charge in [0.1, 0.15) is 11.4 Å². The molecule has 0 spiro atoms. The van der Waals surface area contributed by atoms with E-state index < -0.39 is 45.6 Å². The Hall–Kier alpha value is -3.27. The third-order valence-corrected chi connectivity index (χ3v) is 7.73. The number of urea groups is 1. The molecule has 32 heavy (non-hydrogen) atoms. The molecule has 1 fully saturated rings. The van der Waals surface area contributed by atoms with Crippen LogP contribution in [0.3, 0.4) is 0 Å². The molecule has 168 valence electrons. The summed E-state index contributed by atoms with van der Waals surface area (Å²) >= 11 is 0. The highest BCUT2D eigenvalue weighted by molar-refractivity contribution is 7.92. The van der Waals surface area contributed by atoms with E-state index in [-0.39, 0.29) is 11.3 Å². The van der Waals surface area contributed by atoms with Crippen LogP contribution in [0.5, 0.6) is 0 Å². The van der Waals surface area contributed by atoms with Crippen LogP contribution in [-0.4, -0.2) is 49.9 Å². The van der Waals surface area contributed by atoms with Crippen LogP contribution in [0, 0.1) is 5.82 Å². The van der Waals surface area contributed by atoms with Crippen molar-refractivity contribution in [1.82, 2.24) is 10.2 Å². The highest BCUT2D eigenvalue weighted by atomic mass is 32.2. The molecule has 1 N–H and O–H groups in total. The topological polar surface area (TPSA) is 104 Å². The van der Waals surface area contributed by atoms with Crippen LogP contribution in [0.2, 0.25) is 0 Å². The number of nitrogens with one attached hydrogen (secondary N) is 1. The Morgan fingerprint density at radius 2 is 1.84 bits per heavy atom. The third-order valence-electron chi connectivity index (χ3n) is 5.95. The lowest BCUT2D eigenvalue weighted by atomic mass is 9.92. The Balaban J connectivity index is 1.54. The summed E-state index contributed by atoms with van der Waals surface area (Å²) in [4.78, 5) is 39.2. The molecule has 3 amide bonds. The van der Waals surface area contributed by atoms with Gasteiger partial charge in [-0.3, -0.25) is 18.8 Å². The Kier molecular flexibility index (Phi) is 5.28. The smallest absolute Gasteiger partial charge is 0.319 e. The molecule has 2 aromatic rings. The predicted molar refractivity (Wildman–Crippen MR) is 115 cm³/mol. The van der Waals surface area contributed by atoms with Crippen molar-refractivity contribution in [2.24, 2.45) is 0 Å². The van der Waals surface area contributed by atoms with Crippen molar-refractivity contribution in [3.63, 3.8) is 0 Å². The molecular weight excluding hydrogens is 437 g/mol. The third kappa shape index (κ3) is 3.54. The zero-order chi connectivity index (χ0) is 23.3. The predicted octanol–water partition coefficient (Wildman–Crippen LogP) is 2.19. The van der Waals surface area contributed by atoms with Gasteiger partial charge in [-0.1, -0.05) is 12.1 Å². The number of sulfonamides is 1. The van der Waals surface area contributed by atoms with Gasteiger partial charge in [0.05, 0.1) is 18.0 Å². The Morgan fingerprint density at radius 3 is 2.50 bits per heavy atom. The van der Waals surface area contributed by atoms with Gasteiger partial charge in [0.15, 0.2) is 5.78 Å². The van der Waals surface area contributed by atoms with Gasteiger partial charge in [-0.15, -0.1) is 0 Å². The maximum Gasteiger partial charge on any atom is 0.325 e. The van der Waals surface area contributed by atoms with Crippen molar-refractivity contribution in [2.75, 3.05) is 23.1 Å². The number of hydrogen-bond donors (Lipinski definition) is 1. The SMILES string of the molecule is CCS(=O)(=O)N1CCc2cc(C(=O)CN3C(=O)NC(C)(c4ccc(F)cc4)C3=O)ccc21. The summed E-state index contributed by atoms with van der Waals surface area (Å²) in [5.74, 6) is -1.55. The first-order valence-corrected chi connectivity index (χ1v) is 11.7. The number of benzene rings is 2. The molecule has 0 aromatic heterocycles.